The van der Waals surface area contributed by atoms with E-state index >= 15 is 0 Å². The lowest BCUT2D eigenvalue weighted by atomic mass is 9.87. The first-order valence-corrected chi connectivity index (χ1v) is 8.07. The Bertz CT molecular complexity index is 491. The Morgan fingerprint density at radius 1 is 1.33 bits per heavy atom. The lowest BCUT2D eigenvalue weighted by Gasteiger charge is -2.22. The van der Waals surface area contributed by atoms with Crippen LogP contribution in [0.4, 0.5) is 5.69 Å². The fraction of sp³-hybridized carbons (Fsp3) is 0.562. The van der Waals surface area contributed by atoms with Crippen LogP contribution in [0.25, 0.3) is 0 Å². The second-order valence-electron chi connectivity index (χ2n) is 5.32. The van der Waals surface area contributed by atoms with Crippen molar-refractivity contribution < 1.29 is 9.53 Å². The van der Waals surface area contributed by atoms with Gasteiger partial charge in [0.1, 0.15) is 0 Å². The summed E-state index contributed by atoms with van der Waals surface area (Å²) in [6, 6.07) is 3.29. The van der Waals surface area contributed by atoms with Gasteiger partial charge in [0.05, 0.1) is 23.2 Å². The molecule has 21 heavy (non-hydrogen) atoms. The van der Waals surface area contributed by atoms with Gasteiger partial charge in [-0.2, -0.15) is 0 Å². The van der Waals surface area contributed by atoms with E-state index in [9.17, 15) is 4.79 Å². The Hall–Kier alpha value is -0.930. The Labute approximate surface area is 136 Å². The fourth-order valence-electron chi connectivity index (χ4n) is 2.50. The van der Waals surface area contributed by atoms with Crippen molar-refractivity contribution in [1.29, 1.82) is 0 Å². The van der Waals surface area contributed by atoms with E-state index in [4.69, 9.17) is 33.7 Å². The van der Waals surface area contributed by atoms with Crippen molar-refractivity contribution in [2.75, 3.05) is 12.3 Å². The van der Waals surface area contributed by atoms with Gasteiger partial charge in [0.25, 0.3) is 0 Å². The molecule has 5 heteroatoms. The van der Waals surface area contributed by atoms with Gasteiger partial charge >= 0.3 is 5.97 Å². The third-order valence-corrected chi connectivity index (χ3v) is 4.02. The number of nitrogens with two attached hydrogens (primary N) is 1. The zero-order valence-electron chi connectivity index (χ0n) is 12.8. The molecule has 0 aromatic heterocycles. The summed E-state index contributed by atoms with van der Waals surface area (Å²) in [6.07, 6.45) is 2.79. The van der Waals surface area contributed by atoms with Gasteiger partial charge in [0, 0.05) is 5.02 Å². The van der Waals surface area contributed by atoms with Gasteiger partial charge in [-0.15, -0.1) is 0 Å². The summed E-state index contributed by atoms with van der Waals surface area (Å²) in [7, 11) is 0. The van der Waals surface area contributed by atoms with E-state index in [1.807, 2.05) is 0 Å². The molecule has 0 saturated heterocycles. The van der Waals surface area contributed by atoms with Gasteiger partial charge in [-0.3, -0.25) is 4.79 Å². The van der Waals surface area contributed by atoms with E-state index in [-0.39, 0.29) is 5.97 Å². The summed E-state index contributed by atoms with van der Waals surface area (Å²) in [6.45, 7) is 6.38. The average molecular weight is 332 g/mol. The Morgan fingerprint density at radius 3 is 2.57 bits per heavy atom. The average Bonchev–Trinajstić information content (AvgIpc) is 2.41. The number of benzene rings is 1. The first-order valence-electron chi connectivity index (χ1n) is 7.31. The minimum atomic E-state index is -0.428. The molecule has 0 aliphatic carbocycles. The molecule has 0 radical (unpaired) electrons. The summed E-state index contributed by atoms with van der Waals surface area (Å²) in [5.41, 5.74) is 7.10. The number of carbonyl (C=O) groups is 1. The standard InChI is InChI=1S/C16H23Cl2NO2/c1-4-6-10(3)7-13(16(20)21-5-2)12-8-11(17)9-14(18)15(12)19/h8-10,13H,4-7,19H2,1-3H3. The van der Waals surface area contributed by atoms with Gasteiger partial charge in [0.15, 0.2) is 0 Å². The second-order valence-corrected chi connectivity index (χ2v) is 6.17. The second kappa shape index (κ2) is 8.50. The van der Waals surface area contributed by atoms with Crippen molar-refractivity contribution in [3.05, 3.63) is 27.7 Å². The molecule has 1 aromatic rings. The maximum absolute atomic E-state index is 12.3. The molecule has 1 rings (SSSR count). The fourth-order valence-corrected chi connectivity index (χ4v) is 3.01. The predicted molar refractivity (Wildman–Crippen MR) is 88.9 cm³/mol. The smallest absolute Gasteiger partial charge is 0.313 e. The molecule has 2 unspecified atom stereocenters. The molecule has 118 valence electrons. The maximum atomic E-state index is 12.3. The minimum Gasteiger partial charge on any atom is -0.466 e. The van der Waals surface area contributed by atoms with Crippen molar-refractivity contribution in [2.24, 2.45) is 5.92 Å². The summed E-state index contributed by atoms with van der Waals surface area (Å²) < 4.78 is 5.19. The van der Waals surface area contributed by atoms with Crippen LogP contribution in [0.1, 0.15) is 51.5 Å². The predicted octanol–water partition coefficient (Wildman–Crippen LogP) is 5.05. The zero-order valence-corrected chi connectivity index (χ0v) is 14.3. The SMILES string of the molecule is CCCC(C)CC(C(=O)OCC)c1cc(Cl)cc(Cl)c1N. The monoisotopic (exact) mass is 331 g/mol. The summed E-state index contributed by atoms with van der Waals surface area (Å²) in [4.78, 5) is 12.3. The number of hydrogen-bond acceptors (Lipinski definition) is 3. The van der Waals surface area contributed by atoms with Crippen LogP contribution in [0.15, 0.2) is 12.1 Å². The Morgan fingerprint density at radius 2 is 2.00 bits per heavy atom. The van der Waals surface area contributed by atoms with Crippen molar-refractivity contribution in [2.45, 2.75) is 46.0 Å². The molecular formula is C16H23Cl2NO2. The molecule has 0 aliphatic rings. The van der Waals surface area contributed by atoms with Crippen LogP contribution >= 0.6 is 23.2 Å². The number of nitrogen functional groups attached to an aromatic ring is 1. The Balaban J connectivity index is 3.14. The Kier molecular flexibility index (Phi) is 7.33. The maximum Gasteiger partial charge on any atom is 0.313 e. The first kappa shape index (κ1) is 18.1. The van der Waals surface area contributed by atoms with Crippen LogP contribution in [0.5, 0.6) is 0 Å². The third-order valence-electron chi connectivity index (χ3n) is 3.49. The van der Waals surface area contributed by atoms with Crippen molar-refractivity contribution in [1.82, 2.24) is 0 Å². The van der Waals surface area contributed by atoms with Crippen LogP contribution in [-0.4, -0.2) is 12.6 Å². The van der Waals surface area contributed by atoms with Crippen molar-refractivity contribution in [3.8, 4) is 0 Å². The summed E-state index contributed by atoms with van der Waals surface area (Å²) in [5, 5.41) is 0.844. The van der Waals surface area contributed by atoms with E-state index in [2.05, 4.69) is 13.8 Å². The third kappa shape index (κ3) is 5.08. The van der Waals surface area contributed by atoms with E-state index in [0.717, 1.165) is 12.8 Å². The summed E-state index contributed by atoms with van der Waals surface area (Å²) in [5.74, 6) is -0.310. The largest absolute Gasteiger partial charge is 0.466 e. The highest BCUT2D eigenvalue weighted by Gasteiger charge is 2.27. The number of rotatable bonds is 7. The number of ether oxygens (including phenoxy) is 1. The molecule has 3 nitrogen and oxygen atoms in total. The molecule has 1 aromatic carbocycles. The summed E-state index contributed by atoms with van der Waals surface area (Å²) >= 11 is 12.1. The van der Waals surface area contributed by atoms with E-state index < -0.39 is 5.92 Å². The minimum absolute atomic E-state index is 0.273. The van der Waals surface area contributed by atoms with Gasteiger partial charge < -0.3 is 10.5 Å². The first-order chi connectivity index (χ1) is 9.90. The molecule has 0 spiro atoms. The van der Waals surface area contributed by atoms with Crippen LogP contribution in [0.2, 0.25) is 10.0 Å². The van der Waals surface area contributed by atoms with Gasteiger partial charge in [-0.05, 0) is 37.0 Å². The van der Waals surface area contributed by atoms with Gasteiger partial charge in [-0.1, -0.05) is 49.9 Å². The lowest BCUT2D eigenvalue weighted by Crippen LogP contribution is -2.20. The van der Waals surface area contributed by atoms with Gasteiger partial charge in [0.2, 0.25) is 0 Å². The molecule has 0 amide bonds. The molecule has 2 N–H and O–H groups in total. The van der Waals surface area contributed by atoms with Crippen LogP contribution in [-0.2, 0) is 9.53 Å². The molecule has 0 heterocycles. The van der Waals surface area contributed by atoms with Crippen molar-refractivity contribution in [3.63, 3.8) is 0 Å². The number of esters is 1. The van der Waals surface area contributed by atoms with Crippen molar-refractivity contribution >= 4 is 34.9 Å². The topological polar surface area (TPSA) is 52.3 Å². The number of carbonyl (C=O) groups excluding carboxylic acids is 1. The molecule has 0 saturated carbocycles. The normalized spacial score (nSPS) is 13.8. The van der Waals surface area contributed by atoms with Gasteiger partial charge in [-0.25, -0.2) is 0 Å². The van der Waals surface area contributed by atoms with Crippen LogP contribution < -0.4 is 5.73 Å². The lowest BCUT2D eigenvalue weighted by molar-refractivity contribution is -0.145. The quantitative estimate of drug-likeness (QED) is 0.561. The van der Waals surface area contributed by atoms with Crippen LogP contribution in [0.3, 0.4) is 0 Å². The van der Waals surface area contributed by atoms with Crippen LogP contribution in [0, 0.1) is 5.92 Å². The molecular weight excluding hydrogens is 309 g/mol. The molecule has 0 fully saturated rings. The zero-order chi connectivity index (χ0) is 16.0. The number of hydrogen-bond donors (Lipinski definition) is 1. The van der Waals surface area contributed by atoms with E-state index in [0.29, 0.717) is 40.2 Å². The molecule has 0 aliphatic heterocycles. The number of halogens is 2. The van der Waals surface area contributed by atoms with E-state index in [1.54, 1.807) is 19.1 Å². The molecule has 0 bridgehead atoms. The highest BCUT2D eigenvalue weighted by Crippen LogP contribution is 2.36. The highest BCUT2D eigenvalue weighted by molar-refractivity contribution is 6.36. The highest BCUT2D eigenvalue weighted by atomic mass is 35.5. The number of anilines is 1. The molecule has 2 atom stereocenters. The van der Waals surface area contributed by atoms with E-state index in [1.165, 1.54) is 0 Å².